The predicted molar refractivity (Wildman–Crippen MR) is 94.2 cm³/mol. The number of nitrogens with one attached hydrogen (secondary N) is 1. The van der Waals surface area contributed by atoms with Gasteiger partial charge in [0.1, 0.15) is 0 Å². The number of rotatable bonds is 0. The van der Waals surface area contributed by atoms with Gasteiger partial charge in [0, 0.05) is 0 Å². The van der Waals surface area contributed by atoms with Crippen LogP contribution in [0.5, 0.6) is 0 Å². The number of carbonyl (C=O) groups excluding carboxylic acids is 2. The molecule has 0 aliphatic carbocycles. The zero-order valence-electron chi connectivity index (χ0n) is 15.1. The molecule has 6 rings (SSSR count). The lowest BCUT2D eigenvalue weighted by atomic mass is 9.89. The van der Waals surface area contributed by atoms with Crippen molar-refractivity contribution < 1.29 is 31.5 Å². The highest BCUT2D eigenvalue weighted by molar-refractivity contribution is 5.69. The number of carbonyl (C=O) groups is 2. The molecule has 8 nitrogen and oxygen atoms in total. The van der Waals surface area contributed by atoms with E-state index in [4.69, 9.17) is 9.59 Å². The SMILES string of the molecule is C1CN2CCC1CC2.C1C[NH+]2CCC1CC2.NC(N)=O.NC(N)=O.[Br-]. The molecule has 6 aliphatic rings. The first-order valence-electron chi connectivity index (χ1n) is 9.02. The maximum Gasteiger partial charge on any atom is 0.309 e. The minimum Gasteiger partial charge on any atom is -1.00 e. The van der Waals surface area contributed by atoms with Gasteiger partial charge in [-0.05, 0) is 70.0 Å². The van der Waals surface area contributed by atoms with Gasteiger partial charge in [0.2, 0.25) is 0 Å². The maximum atomic E-state index is 9.00. The Morgan fingerprint density at radius 1 is 0.680 bits per heavy atom. The van der Waals surface area contributed by atoms with E-state index in [-0.39, 0.29) is 17.0 Å². The number of primary amides is 4. The molecule has 0 atom stereocenters. The number of amides is 4. The molecule has 6 aliphatic heterocycles. The summed E-state index contributed by atoms with van der Waals surface area (Å²) in [5.74, 6) is 2.24. The Hall–Kier alpha value is -1.06. The van der Waals surface area contributed by atoms with Crippen molar-refractivity contribution in [1.82, 2.24) is 4.90 Å². The van der Waals surface area contributed by atoms with Crippen LogP contribution in [0, 0.1) is 11.8 Å². The van der Waals surface area contributed by atoms with Gasteiger partial charge in [-0.2, -0.15) is 0 Å². The van der Waals surface area contributed by atoms with E-state index < -0.39 is 12.1 Å². The molecular formula is C16H35BrN6O2. The Kier molecular flexibility index (Phi) is 12.6. The van der Waals surface area contributed by atoms with E-state index in [2.05, 4.69) is 27.8 Å². The van der Waals surface area contributed by atoms with Crippen molar-refractivity contribution in [3.8, 4) is 0 Å². The summed E-state index contributed by atoms with van der Waals surface area (Å²) < 4.78 is 0. The molecule has 6 saturated heterocycles. The van der Waals surface area contributed by atoms with Gasteiger partial charge in [-0.1, -0.05) is 0 Å². The standard InChI is InChI=1S/2C7H13N.2CH4N2O.BrH/c2*1-4-8-5-2-7(1)3-6-8;2*2-1(3)4;/h2*7H,1-6H2;2*(H4,2,3,4);1H. The molecule has 0 spiro atoms. The summed E-state index contributed by atoms with van der Waals surface area (Å²) in [5.41, 5.74) is 17.0. The number of hydrogen-bond donors (Lipinski definition) is 5. The van der Waals surface area contributed by atoms with Gasteiger partial charge in [0.15, 0.2) is 0 Å². The lowest BCUT2D eigenvalue weighted by Crippen LogP contribution is -3.14. The summed E-state index contributed by atoms with van der Waals surface area (Å²) in [6.45, 7) is 8.61. The third kappa shape index (κ3) is 12.0. The third-order valence-corrected chi connectivity index (χ3v) is 5.28. The summed E-state index contributed by atoms with van der Waals surface area (Å²) >= 11 is 0. The first kappa shape index (κ1) is 23.9. The maximum absolute atomic E-state index is 9.00. The summed E-state index contributed by atoms with van der Waals surface area (Å²) in [7, 11) is 0. The number of piperidine rings is 6. The van der Waals surface area contributed by atoms with Crippen LogP contribution in [0.15, 0.2) is 0 Å². The smallest absolute Gasteiger partial charge is 0.309 e. The van der Waals surface area contributed by atoms with Crippen molar-refractivity contribution in [1.29, 1.82) is 0 Å². The topological polar surface area (TPSA) is 146 Å². The Morgan fingerprint density at radius 3 is 1.04 bits per heavy atom. The van der Waals surface area contributed by atoms with E-state index in [0.29, 0.717) is 0 Å². The molecule has 25 heavy (non-hydrogen) atoms. The van der Waals surface area contributed by atoms with Gasteiger partial charge >= 0.3 is 12.1 Å². The van der Waals surface area contributed by atoms with Crippen molar-refractivity contribution >= 4 is 12.1 Å². The Morgan fingerprint density at radius 2 is 0.960 bits per heavy atom. The number of urea groups is 2. The Balaban J connectivity index is 0.000000323. The van der Waals surface area contributed by atoms with Crippen LogP contribution in [0.25, 0.3) is 0 Å². The normalized spacial score (nSPS) is 30.7. The Labute approximate surface area is 161 Å². The van der Waals surface area contributed by atoms with Gasteiger partial charge in [-0.3, -0.25) is 0 Å². The monoisotopic (exact) mass is 422 g/mol. The molecule has 6 heterocycles. The second-order valence-corrected chi connectivity index (χ2v) is 7.11. The number of quaternary nitrogens is 1. The second-order valence-electron chi connectivity index (χ2n) is 7.11. The van der Waals surface area contributed by atoms with Crippen LogP contribution >= 0.6 is 0 Å². The molecule has 148 valence electrons. The molecular weight excluding hydrogens is 388 g/mol. The fourth-order valence-corrected chi connectivity index (χ4v) is 3.90. The minimum atomic E-state index is -0.833. The molecule has 0 aromatic carbocycles. The lowest BCUT2D eigenvalue weighted by Gasteiger charge is -2.38. The van der Waals surface area contributed by atoms with E-state index in [9.17, 15) is 0 Å². The summed E-state index contributed by atoms with van der Waals surface area (Å²) in [5, 5.41) is 0. The van der Waals surface area contributed by atoms with Crippen molar-refractivity contribution in [2.24, 2.45) is 34.8 Å². The predicted octanol–water partition coefficient (Wildman–Crippen LogP) is -4.16. The first-order valence-corrected chi connectivity index (χ1v) is 9.02. The number of hydrogen-bond acceptors (Lipinski definition) is 3. The molecule has 0 radical (unpaired) electrons. The molecule has 0 unspecified atom stereocenters. The van der Waals surface area contributed by atoms with Crippen LogP contribution in [-0.2, 0) is 0 Å². The molecule has 0 saturated carbocycles. The van der Waals surface area contributed by atoms with Crippen LogP contribution in [-0.4, -0.2) is 56.2 Å². The fraction of sp³-hybridized carbons (Fsp3) is 0.875. The van der Waals surface area contributed by atoms with Gasteiger partial charge in [-0.15, -0.1) is 0 Å². The van der Waals surface area contributed by atoms with E-state index in [1.165, 1.54) is 77.8 Å². The van der Waals surface area contributed by atoms with Gasteiger partial charge < -0.3 is 49.7 Å². The van der Waals surface area contributed by atoms with Gasteiger partial charge in [-0.25, -0.2) is 9.59 Å². The second kappa shape index (κ2) is 13.2. The fourth-order valence-electron chi connectivity index (χ4n) is 3.90. The molecule has 9 heteroatoms. The average molecular weight is 423 g/mol. The van der Waals surface area contributed by atoms with Crippen LogP contribution in [0.3, 0.4) is 0 Å². The van der Waals surface area contributed by atoms with E-state index in [1.54, 1.807) is 0 Å². The minimum absolute atomic E-state index is 0. The van der Waals surface area contributed by atoms with Gasteiger partial charge in [0.05, 0.1) is 19.6 Å². The number of halogens is 1. The zero-order chi connectivity index (χ0) is 17.9. The van der Waals surface area contributed by atoms with Crippen molar-refractivity contribution in [2.45, 2.75) is 38.5 Å². The number of nitrogens with two attached hydrogens (primary N) is 4. The summed E-state index contributed by atoms with van der Waals surface area (Å²) in [6, 6.07) is -1.67. The molecule has 4 amide bonds. The van der Waals surface area contributed by atoms with Crippen molar-refractivity contribution in [2.75, 3.05) is 39.3 Å². The number of fused-ring (bicyclic) bond motifs is 6. The molecule has 9 N–H and O–H groups in total. The first-order chi connectivity index (χ1) is 11.4. The summed E-state index contributed by atoms with van der Waals surface area (Å²) in [4.78, 5) is 22.5. The molecule has 6 fully saturated rings. The van der Waals surface area contributed by atoms with Crippen LogP contribution < -0.4 is 44.8 Å². The largest absolute Gasteiger partial charge is 1.00 e. The van der Waals surface area contributed by atoms with E-state index >= 15 is 0 Å². The highest BCUT2D eigenvalue weighted by Gasteiger charge is 2.28. The van der Waals surface area contributed by atoms with Crippen LogP contribution in [0.2, 0.25) is 0 Å². The molecule has 0 aromatic rings. The lowest BCUT2D eigenvalue weighted by molar-refractivity contribution is -0.916. The van der Waals surface area contributed by atoms with Gasteiger partial charge in [0.25, 0.3) is 0 Å². The van der Waals surface area contributed by atoms with E-state index in [0.717, 1.165) is 11.8 Å². The highest BCUT2D eigenvalue weighted by atomic mass is 79.9. The van der Waals surface area contributed by atoms with Crippen molar-refractivity contribution in [3.63, 3.8) is 0 Å². The summed E-state index contributed by atoms with van der Waals surface area (Å²) in [6.07, 6.45) is 9.03. The Bertz CT molecular complexity index is 293. The number of nitrogens with zero attached hydrogens (tertiary/aromatic N) is 1. The molecule has 4 bridgehead atoms. The highest BCUT2D eigenvalue weighted by Crippen LogP contribution is 2.26. The average Bonchev–Trinajstić information content (AvgIpc) is 2.58. The van der Waals surface area contributed by atoms with Crippen molar-refractivity contribution in [3.05, 3.63) is 0 Å². The third-order valence-electron chi connectivity index (χ3n) is 5.28. The van der Waals surface area contributed by atoms with Crippen LogP contribution in [0.1, 0.15) is 38.5 Å². The molecule has 0 aromatic heterocycles. The quantitative estimate of drug-likeness (QED) is 0.270. The zero-order valence-corrected chi connectivity index (χ0v) is 16.7. The van der Waals surface area contributed by atoms with Crippen LogP contribution in [0.4, 0.5) is 9.59 Å². The van der Waals surface area contributed by atoms with E-state index in [1.807, 2.05) is 4.90 Å².